The predicted molar refractivity (Wildman–Crippen MR) is 81.4 cm³/mol. The molecule has 2 aromatic rings. The first-order valence-electron chi connectivity index (χ1n) is 6.81. The van der Waals surface area contributed by atoms with Crippen molar-refractivity contribution in [1.82, 2.24) is 9.97 Å². The number of pyridine rings is 1. The summed E-state index contributed by atoms with van der Waals surface area (Å²) in [7, 11) is 0. The summed E-state index contributed by atoms with van der Waals surface area (Å²) in [6, 6.07) is 4.00. The molecule has 1 N–H and O–H groups in total. The number of aliphatic carboxylic acids is 1. The number of carbonyl (C=O) groups is 1. The van der Waals surface area contributed by atoms with E-state index in [2.05, 4.69) is 16.9 Å². The van der Waals surface area contributed by atoms with Gasteiger partial charge in [0.2, 0.25) is 0 Å². The van der Waals surface area contributed by atoms with Crippen molar-refractivity contribution in [2.45, 2.75) is 33.3 Å². The number of thiazole rings is 1. The molecule has 0 bridgehead atoms. The van der Waals surface area contributed by atoms with Gasteiger partial charge in [0.15, 0.2) is 0 Å². The molecule has 2 rings (SSSR count). The average Bonchev–Trinajstić information content (AvgIpc) is 2.85. The topological polar surface area (TPSA) is 72.3 Å². The molecule has 0 aliphatic rings. The zero-order chi connectivity index (χ0) is 15.2. The maximum absolute atomic E-state index is 10.4. The van der Waals surface area contributed by atoms with E-state index in [0.717, 1.165) is 33.3 Å². The van der Waals surface area contributed by atoms with E-state index in [1.54, 1.807) is 17.5 Å². The van der Waals surface area contributed by atoms with Gasteiger partial charge in [-0.05, 0) is 25.5 Å². The fourth-order valence-corrected chi connectivity index (χ4v) is 2.81. The molecule has 5 nitrogen and oxygen atoms in total. The Morgan fingerprint density at radius 1 is 1.48 bits per heavy atom. The highest BCUT2D eigenvalue weighted by molar-refractivity contribution is 7.15. The van der Waals surface area contributed by atoms with E-state index in [9.17, 15) is 4.79 Å². The second kappa shape index (κ2) is 7.28. The van der Waals surface area contributed by atoms with Gasteiger partial charge in [0.1, 0.15) is 5.01 Å². The number of rotatable bonds is 7. The number of aromatic nitrogens is 2. The molecule has 0 fully saturated rings. The fourth-order valence-electron chi connectivity index (χ4n) is 1.81. The zero-order valence-electron chi connectivity index (χ0n) is 12.1. The van der Waals surface area contributed by atoms with Crippen LogP contribution in [-0.2, 0) is 22.6 Å². The van der Waals surface area contributed by atoms with E-state index in [1.165, 1.54) is 0 Å². The van der Waals surface area contributed by atoms with Crippen molar-refractivity contribution in [3.63, 3.8) is 0 Å². The predicted octanol–water partition coefficient (Wildman–Crippen LogP) is 3.07. The van der Waals surface area contributed by atoms with Crippen LogP contribution >= 0.6 is 11.3 Å². The first-order chi connectivity index (χ1) is 10.1. The van der Waals surface area contributed by atoms with Crippen molar-refractivity contribution in [1.29, 1.82) is 0 Å². The molecule has 0 saturated carbocycles. The third-order valence-electron chi connectivity index (χ3n) is 3.01. The quantitative estimate of drug-likeness (QED) is 0.796. The van der Waals surface area contributed by atoms with Crippen molar-refractivity contribution >= 4 is 17.3 Å². The maximum atomic E-state index is 10.4. The van der Waals surface area contributed by atoms with E-state index in [-0.39, 0.29) is 13.0 Å². The van der Waals surface area contributed by atoms with Crippen LogP contribution in [0.4, 0.5) is 0 Å². The van der Waals surface area contributed by atoms with Crippen molar-refractivity contribution in [2.75, 3.05) is 6.61 Å². The number of nitrogens with zero attached hydrogens (tertiary/aromatic N) is 2. The van der Waals surface area contributed by atoms with Gasteiger partial charge in [-0.25, -0.2) is 4.98 Å². The summed E-state index contributed by atoms with van der Waals surface area (Å²) in [5, 5.41) is 9.52. The molecule has 0 amide bonds. The highest BCUT2D eigenvalue weighted by atomic mass is 32.1. The lowest BCUT2D eigenvalue weighted by Gasteiger charge is -2.00. The molecule has 112 valence electrons. The van der Waals surface area contributed by atoms with Crippen LogP contribution in [0.3, 0.4) is 0 Å². The van der Waals surface area contributed by atoms with E-state index >= 15 is 0 Å². The van der Waals surface area contributed by atoms with Gasteiger partial charge in [-0.1, -0.05) is 6.92 Å². The van der Waals surface area contributed by atoms with Crippen molar-refractivity contribution in [3.05, 3.63) is 34.6 Å². The summed E-state index contributed by atoms with van der Waals surface area (Å²) in [6.07, 6.45) is 2.71. The van der Waals surface area contributed by atoms with Gasteiger partial charge in [-0.3, -0.25) is 9.78 Å². The van der Waals surface area contributed by atoms with Crippen LogP contribution in [0, 0.1) is 6.92 Å². The Hall–Kier alpha value is -1.79. The molecule has 0 saturated heterocycles. The smallest absolute Gasteiger partial charge is 0.305 e. The van der Waals surface area contributed by atoms with Crippen LogP contribution < -0.4 is 0 Å². The molecule has 0 aliphatic carbocycles. The molecule has 2 aromatic heterocycles. The number of ether oxygens (including phenoxy) is 1. The lowest BCUT2D eigenvalue weighted by atomic mass is 10.2. The summed E-state index contributed by atoms with van der Waals surface area (Å²) in [4.78, 5) is 20.3. The molecule has 21 heavy (non-hydrogen) atoms. The molecule has 0 unspecified atom stereocenters. The Balaban J connectivity index is 2.05. The number of carboxylic acid groups (broad SMARTS) is 1. The summed E-state index contributed by atoms with van der Waals surface area (Å²) in [6.45, 7) is 4.64. The monoisotopic (exact) mass is 306 g/mol. The summed E-state index contributed by atoms with van der Waals surface area (Å²) in [5.41, 5.74) is 3.03. The van der Waals surface area contributed by atoms with Crippen LogP contribution in [0.15, 0.2) is 18.3 Å². The lowest BCUT2D eigenvalue weighted by Crippen LogP contribution is -2.02. The second-order valence-corrected chi connectivity index (χ2v) is 5.70. The third kappa shape index (κ3) is 4.34. The minimum atomic E-state index is -0.847. The molecular formula is C15H18N2O3S. The molecule has 0 aliphatic heterocycles. The maximum Gasteiger partial charge on any atom is 0.305 e. The number of aryl methyl sites for hydroxylation is 2. The SMILES string of the molecule is CCc1cc(-c2nc(C)c(COCCC(=O)O)s2)ccn1. The summed E-state index contributed by atoms with van der Waals surface area (Å²) >= 11 is 1.58. The van der Waals surface area contributed by atoms with Gasteiger partial charge in [0.25, 0.3) is 0 Å². The lowest BCUT2D eigenvalue weighted by molar-refractivity contribution is -0.138. The number of carboxylic acids is 1. The zero-order valence-corrected chi connectivity index (χ0v) is 12.9. The Morgan fingerprint density at radius 3 is 3.00 bits per heavy atom. The van der Waals surface area contributed by atoms with Gasteiger partial charge in [-0.15, -0.1) is 11.3 Å². The van der Waals surface area contributed by atoms with E-state index in [1.807, 2.05) is 19.1 Å². The number of hydrogen-bond acceptors (Lipinski definition) is 5. The van der Waals surface area contributed by atoms with Crippen LogP contribution in [0.2, 0.25) is 0 Å². The van der Waals surface area contributed by atoms with Gasteiger partial charge in [0, 0.05) is 17.5 Å². The van der Waals surface area contributed by atoms with Crippen LogP contribution in [0.1, 0.15) is 29.6 Å². The Kier molecular flexibility index (Phi) is 5.41. The highest BCUT2D eigenvalue weighted by Gasteiger charge is 2.10. The standard InChI is InChI=1S/C15H18N2O3S/c1-3-12-8-11(4-6-16-12)15-17-10(2)13(21-15)9-20-7-5-14(18)19/h4,6,8H,3,5,7,9H2,1-2H3,(H,18,19). The van der Waals surface area contributed by atoms with Crippen molar-refractivity contribution in [2.24, 2.45) is 0 Å². The van der Waals surface area contributed by atoms with Gasteiger partial charge in [-0.2, -0.15) is 0 Å². The molecule has 0 radical (unpaired) electrons. The van der Waals surface area contributed by atoms with E-state index in [0.29, 0.717) is 6.61 Å². The van der Waals surface area contributed by atoms with Crippen LogP contribution in [0.5, 0.6) is 0 Å². The summed E-state index contributed by atoms with van der Waals surface area (Å²) < 4.78 is 5.38. The minimum absolute atomic E-state index is 0.0227. The molecule has 0 atom stereocenters. The third-order valence-corrected chi connectivity index (χ3v) is 4.19. The van der Waals surface area contributed by atoms with Gasteiger partial charge in [0.05, 0.1) is 30.2 Å². The Bertz CT molecular complexity index is 625. The first-order valence-corrected chi connectivity index (χ1v) is 7.63. The Labute approximate surface area is 127 Å². The minimum Gasteiger partial charge on any atom is -0.481 e. The Morgan fingerprint density at radius 2 is 2.29 bits per heavy atom. The molecule has 6 heteroatoms. The fraction of sp³-hybridized carbons (Fsp3) is 0.400. The van der Waals surface area contributed by atoms with Crippen LogP contribution in [-0.4, -0.2) is 27.7 Å². The van der Waals surface area contributed by atoms with E-state index in [4.69, 9.17) is 9.84 Å². The van der Waals surface area contributed by atoms with E-state index < -0.39 is 5.97 Å². The average molecular weight is 306 g/mol. The largest absolute Gasteiger partial charge is 0.481 e. The normalized spacial score (nSPS) is 10.8. The van der Waals surface area contributed by atoms with Crippen molar-refractivity contribution in [3.8, 4) is 10.6 Å². The molecule has 2 heterocycles. The molecule has 0 spiro atoms. The van der Waals surface area contributed by atoms with Crippen molar-refractivity contribution < 1.29 is 14.6 Å². The molecular weight excluding hydrogens is 288 g/mol. The van der Waals surface area contributed by atoms with Gasteiger partial charge >= 0.3 is 5.97 Å². The van der Waals surface area contributed by atoms with Gasteiger partial charge < -0.3 is 9.84 Å². The summed E-state index contributed by atoms with van der Waals surface area (Å²) in [5.74, 6) is -0.847. The highest BCUT2D eigenvalue weighted by Crippen LogP contribution is 2.28. The first kappa shape index (κ1) is 15.6. The molecule has 0 aromatic carbocycles. The van der Waals surface area contributed by atoms with Crippen LogP contribution in [0.25, 0.3) is 10.6 Å². The second-order valence-electron chi connectivity index (χ2n) is 4.61. The number of hydrogen-bond donors (Lipinski definition) is 1.